The first-order chi connectivity index (χ1) is 7.61. The molecule has 0 radical (unpaired) electrons. The third-order valence-electron chi connectivity index (χ3n) is 3.30. The van der Waals surface area contributed by atoms with Crippen LogP contribution in [0.25, 0.3) is 0 Å². The molecule has 0 spiro atoms. The highest BCUT2D eigenvalue weighted by atomic mass is 16.4. The van der Waals surface area contributed by atoms with Crippen LogP contribution in [0.3, 0.4) is 0 Å². The molecule has 16 heavy (non-hydrogen) atoms. The molecule has 0 atom stereocenters. The summed E-state index contributed by atoms with van der Waals surface area (Å²) in [6.45, 7) is 0. The van der Waals surface area contributed by atoms with Gasteiger partial charge in [-0.15, -0.1) is 0 Å². The van der Waals surface area contributed by atoms with Crippen molar-refractivity contribution < 1.29 is 14.7 Å². The standard InChI is InChI=1S/C12H21NO3/c1-13(10-6-3-2-4-7-10)11(14)8-5-9-12(15)16/h10H,2-9H2,1H3,(H,15,16). The Labute approximate surface area is 96.6 Å². The zero-order valence-corrected chi connectivity index (χ0v) is 9.95. The van der Waals surface area contributed by atoms with Gasteiger partial charge in [-0.25, -0.2) is 0 Å². The van der Waals surface area contributed by atoms with Crippen molar-refractivity contribution in [1.29, 1.82) is 0 Å². The van der Waals surface area contributed by atoms with E-state index < -0.39 is 5.97 Å². The van der Waals surface area contributed by atoms with Crippen molar-refractivity contribution in [1.82, 2.24) is 4.90 Å². The van der Waals surface area contributed by atoms with Gasteiger partial charge in [0, 0.05) is 25.9 Å². The van der Waals surface area contributed by atoms with E-state index in [-0.39, 0.29) is 12.3 Å². The molecular weight excluding hydrogens is 206 g/mol. The summed E-state index contributed by atoms with van der Waals surface area (Å²) < 4.78 is 0. The summed E-state index contributed by atoms with van der Waals surface area (Å²) in [5.41, 5.74) is 0. The summed E-state index contributed by atoms with van der Waals surface area (Å²) in [5, 5.41) is 8.49. The van der Waals surface area contributed by atoms with Crippen molar-refractivity contribution in [3.8, 4) is 0 Å². The quantitative estimate of drug-likeness (QED) is 0.781. The number of aliphatic carboxylic acids is 1. The van der Waals surface area contributed by atoms with E-state index in [9.17, 15) is 9.59 Å². The van der Waals surface area contributed by atoms with Gasteiger partial charge in [0.05, 0.1) is 0 Å². The van der Waals surface area contributed by atoms with Gasteiger partial charge in [0.2, 0.25) is 5.91 Å². The predicted molar refractivity (Wildman–Crippen MR) is 61.1 cm³/mol. The third kappa shape index (κ3) is 4.21. The van der Waals surface area contributed by atoms with Crippen LogP contribution >= 0.6 is 0 Å². The number of hydrogen-bond donors (Lipinski definition) is 1. The zero-order valence-electron chi connectivity index (χ0n) is 9.95. The van der Waals surface area contributed by atoms with Crippen LogP contribution in [-0.2, 0) is 9.59 Å². The Balaban J connectivity index is 2.26. The zero-order chi connectivity index (χ0) is 12.0. The van der Waals surface area contributed by atoms with Crippen molar-refractivity contribution in [2.24, 2.45) is 0 Å². The van der Waals surface area contributed by atoms with Gasteiger partial charge in [-0.2, -0.15) is 0 Å². The first kappa shape index (κ1) is 13.0. The van der Waals surface area contributed by atoms with E-state index in [0.29, 0.717) is 18.9 Å². The Morgan fingerprint density at radius 1 is 1.19 bits per heavy atom. The van der Waals surface area contributed by atoms with E-state index in [2.05, 4.69) is 0 Å². The lowest BCUT2D eigenvalue weighted by Gasteiger charge is -2.31. The van der Waals surface area contributed by atoms with E-state index in [0.717, 1.165) is 12.8 Å². The molecule has 0 bridgehead atoms. The summed E-state index contributed by atoms with van der Waals surface area (Å²) in [7, 11) is 1.85. The van der Waals surface area contributed by atoms with Gasteiger partial charge in [0.25, 0.3) is 0 Å². The number of rotatable bonds is 5. The second-order valence-electron chi connectivity index (χ2n) is 4.54. The fraction of sp³-hybridized carbons (Fsp3) is 0.833. The van der Waals surface area contributed by atoms with Crippen molar-refractivity contribution >= 4 is 11.9 Å². The van der Waals surface area contributed by atoms with Gasteiger partial charge in [-0.1, -0.05) is 19.3 Å². The number of carbonyl (C=O) groups excluding carboxylic acids is 1. The van der Waals surface area contributed by atoms with E-state index in [1.54, 1.807) is 0 Å². The maximum atomic E-state index is 11.8. The molecule has 0 aromatic carbocycles. The molecule has 0 unspecified atom stereocenters. The number of nitrogens with zero attached hydrogens (tertiary/aromatic N) is 1. The SMILES string of the molecule is CN(C(=O)CCCC(=O)O)C1CCCCC1. The molecule has 1 amide bonds. The Hall–Kier alpha value is -1.06. The minimum atomic E-state index is -0.826. The Bertz CT molecular complexity index is 247. The lowest BCUT2D eigenvalue weighted by Crippen LogP contribution is -2.38. The van der Waals surface area contributed by atoms with Gasteiger partial charge < -0.3 is 10.0 Å². The fourth-order valence-electron chi connectivity index (χ4n) is 2.24. The summed E-state index contributed by atoms with van der Waals surface area (Å²) in [4.78, 5) is 23.9. The molecule has 4 nitrogen and oxygen atoms in total. The minimum absolute atomic E-state index is 0.0875. The van der Waals surface area contributed by atoms with Crippen LogP contribution in [0.1, 0.15) is 51.4 Å². The van der Waals surface area contributed by atoms with Crippen LogP contribution in [-0.4, -0.2) is 35.0 Å². The van der Waals surface area contributed by atoms with Crippen molar-refractivity contribution in [3.63, 3.8) is 0 Å². The maximum absolute atomic E-state index is 11.8. The van der Waals surface area contributed by atoms with Crippen molar-refractivity contribution in [3.05, 3.63) is 0 Å². The van der Waals surface area contributed by atoms with Gasteiger partial charge in [0.15, 0.2) is 0 Å². The average molecular weight is 227 g/mol. The summed E-state index contributed by atoms with van der Waals surface area (Å²) >= 11 is 0. The topological polar surface area (TPSA) is 57.6 Å². The molecule has 1 N–H and O–H groups in total. The predicted octanol–water partition coefficient (Wildman–Crippen LogP) is 2.03. The molecule has 1 fully saturated rings. The first-order valence-corrected chi connectivity index (χ1v) is 6.08. The molecule has 1 rings (SSSR count). The van der Waals surface area contributed by atoms with Gasteiger partial charge in [0.1, 0.15) is 0 Å². The van der Waals surface area contributed by atoms with E-state index in [1.165, 1.54) is 19.3 Å². The Morgan fingerprint density at radius 2 is 1.81 bits per heavy atom. The van der Waals surface area contributed by atoms with Crippen LogP contribution in [0.2, 0.25) is 0 Å². The van der Waals surface area contributed by atoms with Gasteiger partial charge >= 0.3 is 5.97 Å². The number of carbonyl (C=O) groups is 2. The van der Waals surface area contributed by atoms with Crippen LogP contribution in [0.4, 0.5) is 0 Å². The molecule has 0 aliphatic heterocycles. The van der Waals surface area contributed by atoms with Gasteiger partial charge in [-0.05, 0) is 19.3 Å². The van der Waals surface area contributed by atoms with Crippen LogP contribution < -0.4 is 0 Å². The first-order valence-electron chi connectivity index (χ1n) is 6.08. The van der Waals surface area contributed by atoms with Crippen LogP contribution in [0.15, 0.2) is 0 Å². The number of amides is 1. The molecule has 1 aliphatic rings. The highest BCUT2D eigenvalue weighted by molar-refractivity contribution is 5.77. The van der Waals surface area contributed by atoms with Crippen LogP contribution in [0, 0.1) is 0 Å². The average Bonchev–Trinajstić information content (AvgIpc) is 2.28. The van der Waals surface area contributed by atoms with Crippen LogP contribution in [0.5, 0.6) is 0 Å². The minimum Gasteiger partial charge on any atom is -0.481 e. The molecular formula is C12H21NO3. The van der Waals surface area contributed by atoms with E-state index in [4.69, 9.17) is 5.11 Å². The fourth-order valence-corrected chi connectivity index (χ4v) is 2.24. The van der Waals surface area contributed by atoms with Crippen molar-refractivity contribution in [2.75, 3.05) is 7.05 Å². The largest absolute Gasteiger partial charge is 0.481 e. The Kier molecular flexibility index (Phi) is 5.29. The number of carboxylic acid groups (broad SMARTS) is 1. The lowest BCUT2D eigenvalue weighted by atomic mass is 9.94. The highest BCUT2D eigenvalue weighted by Crippen LogP contribution is 2.22. The summed E-state index contributed by atoms with van der Waals surface area (Å²) in [6.07, 6.45) is 6.78. The molecule has 1 aliphatic carbocycles. The lowest BCUT2D eigenvalue weighted by molar-refractivity contribution is -0.137. The normalized spacial score (nSPS) is 17.1. The van der Waals surface area contributed by atoms with Gasteiger partial charge in [-0.3, -0.25) is 9.59 Å². The monoisotopic (exact) mass is 227 g/mol. The molecule has 1 saturated carbocycles. The number of hydrogen-bond acceptors (Lipinski definition) is 2. The second kappa shape index (κ2) is 6.51. The van der Waals surface area contributed by atoms with E-state index >= 15 is 0 Å². The molecule has 0 aromatic rings. The third-order valence-corrected chi connectivity index (χ3v) is 3.30. The molecule has 0 aromatic heterocycles. The molecule has 4 heteroatoms. The Morgan fingerprint density at radius 3 is 2.38 bits per heavy atom. The highest BCUT2D eigenvalue weighted by Gasteiger charge is 2.21. The maximum Gasteiger partial charge on any atom is 0.303 e. The summed E-state index contributed by atoms with van der Waals surface area (Å²) in [6, 6.07) is 0.381. The van der Waals surface area contributed by atoms with Crippen molar-refractivity contribution in [2.45, 2.75) is 57.4 Å². The molecule has 0 saturated heterocycles. The molecule has 92 valence electrons. The second-order valence-corrected chi connectivity index (χ2v) is 4.54. The smallest absolute Gasteiger partial charge is 0.303 e. The summed E-state index contributed by atoms with van der Waals surface area (Å²) in [5.74, 6) is -0.735. The van der Waals surface area contributed by atoms with E-state index in [1.807, 2.05) is 11.9 Å². The number of carboxylic acids is 1. The molecule has 0 heterocycles.